The second-order valence-electron chi connectivity index (χ2n) is 4.06. The Bertz CT molecular complexity index is 634. The lowest BCUT2D eigenvalue weighted by molar-refractivity contribution is 1.17. The Morgan fingerprint density at radius 2 is 1.84 bits per heavy atom. The molecule has 0 N–H and O–H groups in total. The lowest BCUT2D eigenvalue weighted by atomic mass is 10.1. The summed E-state index contributed by atoms with van der Waals surface area (Å²) in [6.07, 6.45) is 0. The van der Waals surface area contributed by atoms with E-state index >= 15 is 0 Å². The molecule has 0 amide bonds. The number of benzene rings is 2. The van der Waals surface area contributed by atoms with E-state index < -0.39 is 0 Å². The van der Waals surface area contributed by atoms with Crippen LogP contribution in [0.3, 0.4) is 0 Å². The first-order valence-corrected chi connectivity index (χ1v) is 7.25. The van der Waals surface area contributed by atoms with Crippen molar-refractivity contribution >= 4 is 38.9 Å². The summed E-state index contributed by atoms with van der Waals surface area (Å²) in [6, 6.07) is 15.5. The van der Waals surface area contributed by atoms with Gasteiger partial charge in [0.25, 0.3) is 0 Å². The van der Waals surface area contributed by atoms with Crippen molar-refractivity contribution in [1.29, 1.82) is 5.26 Å². The van der Waals surface area contributed by atoms with Gasteiger partial charge in [0, 0.05) is 28.7 Å². The Morgan fingerprint density at radius 3 is 2.53 bits per heavy atom. The highest BCUT2D eigenvalue weighted by molar-refractivity contribution is 9.08. The normalized spacial score (nSPS) is 10.0. The molecule has 0 aliphatic heterocycles. The van der Waals surface area contributed by atoms with Crippen LogP contribution >= 0.6 is 27.5 Å². The molecule has 0 bridgehead atoms. The second kappa shape index (κ2) is 6.10. The van der Waals surface area contributed by atoms with Crippen LogP contribution in [0.2, 0.25) is 5.02 Å². The van der Waals surface area contributed by atoms with Gasteiger partial charge in [-0.05, 0) is 24.3 Å². The molecule has 4 heteroatoms. The number of hydrogen-bond donors (Lipinski definition) is 0. The van der Waals surface area contributed by atoms with Crippen molar-refractivity contribution in [3.05, 3.63) is 58.6 Å². The monoisotopic (exact) mass is 334 g/mol. The fourth-order valence-corrected chi connectivity index (χ4v) is 2.97. The van der Waals surface area contributed by atoms with Gasteiger partial charge < -0.3 is 4.90 Å². The summed E-state index contributed by atoms with van der Waals surface area (Å²) in [7, 11) is 1.94. The summed E-state index contributed by atoms with van der Waals surface area (Å²) in [5, 5.41) is 10.6. The minimum Gasteiger partial charge on any atom is -0.343 e. The number of anilines is 2. The molecule has 0 aliphatic rings. The molecule has 0 atom stereocenters. The number of nitrogens with zero attached hydrogens (tertiary/aromatic N) is 2. The van der Waals surface area contributed by atoms with Crippen molar-refractivity contribution in [2.45, 2.75) is 5.33 Å². The first-order chi connectivity index (χ1) is 9.19. The van der Waals surface area contributed by atoms with Crippen molar-refractivity contribution < 1.29 is 0 Å². The lowest BCUT2D eigenvalue weighted by Crippen LogP contribution is -2.13. The minimum absolute atomic E-state index is 0.644. The third kappa shape index (κ3) is 2.75. The van der Waals surface area contributed by atoms with Crippen molar-refractivity contribution in [2.24, 2.45) is 0 Å². The van der Waals surface area contributed by atoms with E-state index in [4.69, 9.17) is 11.6 Å². The standard InChI is InChI=1S/C15H12BrClN2/c1-19(14-7-3-2-5-11(14)10-18)15-8-4-6-13(17)12(15)9-16/h2-8H,9H2,1H3. The second-order valence-corrected chi connectivity index (χ2v) is 5.03. The van der Waals surface area contributed by atoms with E-state index in [-0.39, 0.29) is 0 Å². The maximum Gasteiger partial charge on any atom is 0.101 e. The van der Waals surface area contributed by atoms with E-state index in [0.717, 1.165) is 22.0 Å². The van der Waals surface area contributed by atoms with Gasteiger partial charge in [-0.25, -0.2) is 0 Å². The molecule has 0 aliphatic carbocycles. The minimum atomic E-state index is 0.644. The Balaban J connectivity index is 2.54. The molecule has 0 spiro atoms. The zero-order chi connectivity index (χ0) is 13.8. The van der Waals surface area contributed by atoms with Gasteiger partial charge in [0.05, 0.1) is 11.3 Å². The zero-order valence-electron chi connectivity index (χ0n) is 10.4. The molecule has 0 fully saturated rings. The average Bonchev–Trinajstić information content (AvgIpc) is 2.46. The summed E-state index contributed by atoms with van der Waals surface area (Å²) >= 11 is 9.67. The Morgan fingerprint density at radius 1 is 1.16 bits per heavy atom. The van der Waals surface area contributed by atoms with Crippen LogP contribution in [0.4, 0.5) is 11.4 Å². The molecule has 0 unspecified atom stereocenters. The maximum atomic E-state index is 9.18. The third-order valence-electron chi connectivity index (χ3n) is 2.97. The van der Waals surface area contributed by atoms with Crippen molar-refractivity contribution in [1.82, 2.24) is 0 Å². The molecule has 0 radical (unpaired) electrons. The van der Waals surface area contributed by atoms with Crippen LogP contribution in [-0.2, 0) is 5.33 Å². The highest BCUT2D eigenvalue weighted by Gasteiger charge is 2.13. The molecule has 96 valence electrons. The maximum absolute atomic E-state index is 9.18. The van der Waals surface area contributed by atoms with Crippen LogP contribution in [0.25, 0.3) is 0 Å². The Hall–Kier alpha value is -1.50. The number of nitriles is 1. The molecule has 2 aromatic carbocycles. The molecular formula is C15H12BrClN2. The SMILES string of the molecule is CN(c1ccccc1C#N)c1cccc(Cl)c1CBr. The number of hydrogen-bond acceptors (Lipinski definition) is 2. The van der Waals surface area contributed by atoms with E-state index in [1.165, 1.54) is 0 Å². The van der Waals surface area contributed by atoms with Crippen LogP contribution < -0.4 is 4.90 Å². The molecule has 0 aromatic heterocycles. The molecular weight excluding hydrogens is 324 g/mol. The number of para-hydroxylation sites is 1. The number of rotatable bonds is 3. The van der Waals surface area contributed by atoms with E-state index in [0.29, 0.717) is 10.9 Å². The smallest absolute Gasteiger partial charge is 0.101 e. The van der Waals surface area contributed by atoms with E-state index in [2.05, 4.69) is 22.0 Å². The van der Waals surface area contributed by atoms with E-state index in [9.17, 15) is 5.26 Å². The van der Waals surface area contributed by atoms with Gasteiger partial charge in [0.15, 0.2) is 0 Å². The van der Waals surface area contributed by atoms with Crippen molar-refractivity contribution in [3.8, 4) is 6.07 Å². The summed E-state index contributed by atoms with van der Waals surface area (Å²) in [5.74, 6) is 0. The quantitative estimate of drug-likeness (QED) is 0.748. The van der Waals surface area contributed by atoms with Crippen LogP contribution in [0, 0.1) is 11.3 Å². The summed E-state index contributed by atoms with van der Waals surface area (Å²) < 4.78 is 0. The Kier molecular flexibility index (Phi) is 4.47. The van der Waals surface area contributed by atoms with Crippen LogP contribution in [0.5, 0.6) is 0 Å². The van der Waals surface area contributed by atoms with Crippen molar-refractivity contribution in [3.63, 3.8) is 0 Å². The predicted octanol–water partition coefficient (Wildman–Crippen LogP) is 4.87. The lowest BCUT2D eigenvalue weighted by Gasteiger charge is -2.23. The molecule has 19 heavy (non-hydrogen) atoms. The largest absolute Gasteiger partial charge is 0.343 e. The molecule has 0 saturated carbocycles. The topological polar surface area (TPSA) is 27.0 Å². The third-order valence-corrected chi connectivity index (χ3v) is 3.89. The molecule has 0 heterocycles. The number of halogens is 2. The van der Waals surface area contributed by atoms with Crippen LogP contribution in [0.1, 0.15) is 11.1 Å². The van der Waals surface area contributed by atoms with Gasteiger partial charge in [-0.3, -0.25) is 0 Å². The number of alkyl halides is 1. The van der Waals surface area contributed by atoms with Crippen LogP contribution in [-0.4, -0.2) is 7.05 Å². The van der Waals surface area contributed by atoms with Gasteiger partial charge in [0.2, 0.25) is 0 Å². The van der Waals surface area contributed by atoms with Crippen LogP contribution in [0.15, 0.2) is 42.5 Å². The van der Waals surface area contributed by atoms with Gasteiger partial charge in [-0.15, -0.1) is 0 Å². The van der Waals surface area contributed by atoms with Gasteiger partial charge >= 0.3 is 0 Å². The summed E-state index contributed by atoms with van der Waals surface area (Å²) in [4.78, 5) is 1.99. The molecule has 2 nitrogen and oxygen atoms in total. The zero-order valence-corrected chi connectivity index (χ0v) is 12.7. The van der Waals surface area contributed by atoms with E-state index in [1.54, 1.807) is 0 Å². The highest BCUT2D eigenvalue weighted by atomic mass is 79.9. The first kappa shape index (κ1) is 13.9. The van der Waals surface area contributed by atoms with Gasteiger partial charge in [-0.2, -0.15) is 5.26 Å². The first-order valence-electron chi connectivity index (χ1n) is 5.75. The Labute approximate surface area is 126 Å². The van der Waals surface area contributed by atoms with E-state index in [1.807, 2.05) is 54.4 Å². The fourth-order valence-electron chi connectivity index (χ4n) is 1.98. The highest BCUT2D eigenvalue weighted by Crippen LogP contribution is 2.34. The fraction of sp³-hybridized carbons (Fsp3) is 0.133. The molecule has 2 aromatic rings. The van der Waals surface area contributed by atoms with Gasteiger partial charge in [0.1, 0.15) is 6.07 Å². The van der Waals surface area contributed by atoms with Crippen molar-refractivity contribution in [2.75, 3.05) is 11.9 Å². The summed E-state index contributed by atoms with van der Waals surface area (Å²) in [5.41, 5.74) is 3.52. The van der Waals surface area contributed by atoms with Gasteiger partial charge in [-0.1, -0.05) is 45.7 Å². The molecule has 0 saturated heterocycles. The summed E-state index contributed by atoms with van der Waals surface area (Å²) in [6.45, 7) is 0. The predicted molar refractivity (Wildman–Crippen MR) is 83.3 cm³/mol. The molecule has 2 rings (SSSR count). The average molecular weight is 336 g/mol.